The number of benzene rings is 1. The molecule has 15 heavy (non-hydrogen) atoms. The molecule has 0 bridgehead atoms. The van der Waals surface area contributed by atoms with Crippen molar-refractivity contribution in [3.8, 4) is 0 Å². The van der Waals surface area contributed by atoms with Gasteiger partial charge in [0, 0.05) is 0 Å². The Bertz CT molecular complexity index is 532. The van der Waals surface area contributed by atoms with Crippen molar-refractivity contribution < 1.29 is 9.50 Å². The Morgan fingerprint density at radius 3 is 2.87 bits per heavy atom. The van der Waals surface area contributed by atoms with Gasteiger partial charge >= 0.3 is 99.5 Å². The summed E-state index contributed by atoms with van der Waals surface area (Å²) in [6.45, 7) is -0.353. The van der Waals surface area contributed by atoms with Crippen LogP contribution in [0.1, 0.15) is 5.56 Å². The van der Waals surface area contributed by atoms with Crippen molar-refractivity contribution in [3.05, 3.63) is 34.7 Å². The van der Waals surface area contributed by atoms with Gasteiger partial charge in [-0.3, -0.25) is 0 Å². The molecule has 0 aliphatic rings. The van der Waals surface area contributed by atoms with Crippen molar-refractivity contribution in [2.75, 3.05) is 0 Å². The number of fused-ring (bicyclic) bond motifs is 1. The van der Waals surface area contributed by atoms with Crippen molar-refractivity contribution in [2.45, 2.75) is 6.61 Å². The van der Waals surface area contributed by atoms with Crippen molar-refractivity contribution in [1.82, 2.24) is 4.98 Å². The number of aromatic nitrogens is 1. The maximum absolute atomic E-state index is 13.5. The SMILES string of the molecule is OCc1cc2cc([AsH2])ncc2c(Cl)c1F. The Morgan fingerprint density at radius 2 is 2.20 bits per heavy atom. The molecule has 1 N–H and O–H groups in total. The molecule has 2 nitrogen and oxygen atoms in total. The molecule has 1 unspecified atom stereocenters. The molecule has 0 aliphatic heterocycles. The monoisotopic (exact) mass is 287 g/mol. The summed E-state index contributed by atoms with van der Waals surface area (Å²) in [6, 6.07) is 3.43. The maximum atomic E-state index is 13.5. The summed E-state index contributed by atoms with van der Waals surface area (Å²) in [7, 11) is 0. The van der Waals surface area contributed by atoms with E-state index in [-0.39, 0.29) is 17.2 Å². The van der Waals surface area contributed by atoms with E-state index in [0.29, 0.717) is 5.39 Å². The molecule has 1 atom stereocenters. The van der Waals surface area contributed by atoms with E-state index in [0.717, 1.165) is 9.87 Å². The second kappa shape index (κ2) is 4.09. The van der Waals surface area contributed by atoms with Crippen LogP contribution in [-0.2, 0) is 6.61 Å². The Hall–Kier alpha value is -0.632. The average molecular weight is 288 g/mol. The fraction of sp³-hybridized carbons (Fsp3) is 0.100. The van der Waals surface area contributed by atoms with Gasteiger partial charge in [-0.15, -0.1) is 0 Å². The van der Waals surface area contributed by atoms with Gasteiger partial charge in [-0.2, -0.15) is 0 Å². The Kier molecular flexibility index (Phi) is 2.96. The number of aliphatic hydroxyl groups is 1. The molecule has 2 aromatic rings. The number of aliphatic hydroxyl groups excluding tert-OH is 1. The second-order valence-electron chi connectivity index (χ2n) is 3.15. The summed E-state index contributed by atoms with van der Waals surface area (Å²) >= 11 is 7.23. The first kappa shape index (κ1) is 10.9. The minimum atomic E-state index is -0.567. The predicted octanol–water partition coefficient (Wildman–Crippen LogP) is 0.778. The number of hydrogen-bond acceptors (Lipinski definition) is 2. The van der Waals surface area contributed by atoms with Gasteiger partial charge in [0.05, 0.1) is 0 Å². The zero-order chi connectivity index (χ0) is 11.0. The van der Waals surface area contributed by atoms with E-state index < -0.39 is 5.82 Å². The van der Waals surface area contributed by atoms with Crippen LogP contribution in [0.25, 0.3) is 10.8 Å². The minimum absolute atomic E-state index is 0.0246. The zero-order valence-corrected chi connectivity index (χ0v) is 10.8. The fourth-order valence-corrected chi connectivity index (χ4v) is 2.23. The van der Waals surface area contributed by atoms with Crippen LogP contribution in [0.2, 0.25) is 5.02 Å². The Morgan fingerprint density at radius 1 is 1.47 bits per heavy atom. The number of hydrogen-bond donors (Lipinski definition) is 1. The van der Waals surface area contributed by atoms with Crippen LogP contribution in [0.15, 0.2) is 18.3 Å². The van der Waals surface area contributed by atoms with Gasteiger partial charge in [-0.25, -0.2) is 0 Å². The van der Waals surface area contributed by atoms with E-state index in [1.165, 1.54) is 16.9 Å². The third kappa shape index (κ3) is 1.87. The molecule has 2 rings (SSSR count). The van der Waals surface area contributed by atoms with Crippen LogP contribution >= 0.6 is 11.6 Å². The van der Waals surface area contributed by atoms with E-state index in [2.05, 4.69) is 4.98 Å². The zero-order valence-electron chi connectivity index (χ0n) is 7.67. The van der Waals surface area contributed by atoms with Crippen LogP contribution in [0.5, 0.6) is 0 Å². The average Bonchev–Trinajstić information content (AvgIpc) is 2.23. The molecule has 0 spiro atoms. The normalized spacial score (nSPS) is 10.9. The quantitative estimate of drug-likeness (QED) is 0.786. The Labute approximate surface area is 99.6 Å². The van der Waals surface area contributed by atoms with E-state index in [9.17, 15) is 4.39 Å². The molecule has 1 aromatic heterocycles. The van der Waals surface area contributed by atoms with Gasteiger partial charge < -0.3 is 0 Å². The van der Waals surface area contributed by atoms with Crippen LogP contribution < -0.4 is 4.48 Å². The summed E-state index contributed by atoms with van der Waals surface area (Å²) in [5, 5.41) is 10.4. The first-order valence-electron chi connectivity index (χ1n) is 4.26. The van der Waals surface area contributed by atoms with Crippen LogP contribution in [-0.4, -0.2) is 26.9 Å². The van der Waals surface area contributed by atoms with E-state index in [4.69, 9.17) is 16.7 Å². The molecule has 0 saturated carbocycles. The van der Waals surface area contributed by atoms with Gasteiger partial charge in [-0.1, -0.05) is 0 Å². The first-order valence-corrected chi connectivity index (χ1v) is 5.85. The van der Waals surface area contributed by atoms with Crippen LogP contribution in [0.3, 0.4) is 0 Å². The predicted molar refractivity (Wildman–Crippen MR) is 60.8 cm³/mol. The number of rotatable bonds is 1. The third-order valence-corrected chi connectivity index (χ3v) is 3.20. The molecular weight excluding hydrogens is 279 g/mol. The van der Waals surface area contributed by atoms with E-state index >= 15 is 0 Å². The third-order valence-electron chi connectivity index (χ3n) is 2.17. The molecule has 0 fully saturated rings. The molecular formula is C10H8AsClFNO. The fourth-order valence-electron chi connectivity index (χ4n) is 1.42. The van der Waals surface area contributed by atoms with Crippen molar-refractivity contribution in [1.29, 1.82) is 0 Å². The molecule has 0 amide bonds. The van der Waals surface area contributed by atoms with Gasteiger partial charge in [0.25, 0.3) is 0 Å². The van der Waals surface area contributed by atoms with Gasteiger partial charge in [0.15, 0.2) is 0 Å². The van der Waals surface area contributed by atoms with Crippen molar-refractivity contribution in [3.63, 3.8) is 0 Å². The van der Waals surface area contributed by atoms with Crippen LogP contribution in [0.4, 0.5) is 4.39 Å². The van der Waals surface area contributed by atoms with Crippen LogP contribution in [0, 0.1) is 5.82 Å². The molecule has 5 heteroatoms. The molecule has 0 saturated heterocycles. The molecule has 0 aliphatic carbocycles. The van der Waals surface area contributed by atoms with E-state index in [1.807, 2.05) is 6.07 Å². The standard InChI is InChI=1S/C10H8AsClFNO/c11-8-2-5-1-6(4-15)10(13)9(12)7(5)3-14-8/h1-3,15H,4,11H2. The molecule has 1 heterocycles. The van der Waals surface area contributed by atoms with Crippen molar-refractivity contribution >= 4 is 43.7 Å². The summed E-state index contributed by atoms with van der Waals surface area (Å²) in [4.78, 5) is 4.08. The second-order valence-corrected chi connectivity index (χ2v) is 4.77. The molecule has 1 aromatic carbocycles. The molecule has 0 radical (unpaired) electrons. The summed E-state index contributed by atoms with van der Waals surface area (Å²) in [5.74, 6) is -0.567. The summed E-state index contributed by atoms with van der Waals surface area (Å²) < 4.78 is 14.4. The Balaban J connectivity index is 2.84. The topological polar surface area (TPSA) is 33.1 Å². The van der Waals surface area contributed by atoms with Crippen molar-refractivity contribution in [2.24, 2.45) is 0 Å². The summed E-state index contributed by atoms with van der Waals surface area (Å²) in [6.07, 6.45) is 1.55. The van der Waals surface area contributed by atoms with Gasteiger partial charge in [-0.05, 0) is 0 Å². The first-order chi connectivity index (χ1) is 7.13. The number of nitrogens with zero attached hydrogens (tertiary/aromatic N) is 1. The van der Waals surface area contributed by atoms with Gasteiger partial charge in [0.2, 0.25) is 0 Å². The number of pyridine rings is 1. The molecule has 78 valence electrons. The van der Waals surface area contributed by atoms with Gasteiger partial charge in [0.1, 0.15) is 0 Å². The van der Waals surface area contributed by atoms with E-state index in [1.54, 1.807) is 12.3 Å². The summed E-state index contributed by atoms with van der Waals surface area (Å²) in [5.41, 5.74) is 0.214. The number of halogens is 2.